The second-order valence-corrected chi connectivity index (χ2v) is 3.16. The summed E-state index contributed by atoms with van der Waals surface area (Å²) >= 11 is 0. The van der Waals surface area contributed by atoms with E-state index < -0.39 is 5.91 Å². The fourth-order valence-electron chi connectivity index (χ4n) is 1.02. The Morgan fingerprint density at radius 1 is 0.944 bits per heavy atom. The Labute approximate surface area is 105 Å². The minimum absolute atomic E-state index is 0.410. The van der Waals surface area contributed by atoms with Gasteiger partial charge in [0.05, 0.1) is 0 Å². The fourth-order valence-corrected chi connectivity index (χ4v) is 1.02. The van der Waals surface area contributed by atoms with Crippen molar-refractivity contribution < 1.29 is 4.79 Å². The number of nitrogens with two attached hydrogens (primary N) is 1. The van der Waals surface area contributed by atoms with Gasteiger partial charge in [-0.05, 0) is 24.3 Å². The van der Waals surface area contributed by atoms with E-state index in [2.05, 4.69) is 15.7 Å². The molecule has 5 heteroatoms. The van der Waals surface area contributed by atoms with Gasteiger partial charge in [-0.1, -0.05) is 30.4 Å². The average molecular weight is 242 g/mol. The number of hydrogen-bond donors (Lipinski definition) is 2. The minimum Gasteiger partial charge on any atom is -0.366 e. The van der Waals surface area contributed by atoms with Gasteiger partial charge >= 0.3 is 0 Å². The van der Waals surface area contributed by atoms with E-state index >= 15 is 0 Å². The van der Waals surface area contributed by atoms with Gasteiger partial charge in [-0.2, -0.15) is 15.7 Å². The highest BCUT2D eigenvalue weighted by Crippen LogP contribution is 1.97. The molecule has 0 atom stereocenters. The van der Waals surface area contributed by atoms with Gasteiger partial charge < -0.3 is 5.73 Å². The van der Waals surface area contributed by atoms with E-state index in [1.807, 2.05) is 0 Å². The number of nitrogens with one attached hydrogen (secondary N) is 1. The number of rotatable bonds is 1. The van der Waals surface area contributed by atoms with Crippen LogP contribution in [0.25, 0.3) is 0 Å². The highest BCUT2D eigenvalue weighted by molar-refractivity contribution is 5.95. The Hall–Kier alpha value is -2.69. The first kappa shape index (κ1) is 13.4. The molecule has 0 aliphatic carbocycles. The van der Waals surface area contributed by atoms with Crippen LogP contribution in [-0.2, 0) is 4.79 Å². The van der Waals surface area contributed by atoms with Gasteiger partial charge in [-0.15, -0.1) is 0 Å². The van der Waals surface area contributed by atoms with Crippen molar-refractivity contribution in [3.8, 4) is 0 Å². The molecule has 1 aliphatic rings. The quantitative estimate of drug-likeness (QED) is 0.724. The van der Waals surface area contributed by atoms with Crippen LogP contribution in [0.3, 0.4) is 0 Å². The lowest BCUT2D eigenvalue weighted by Gasteiger charge is -1.91. The molecule has 0 unspecified atom stereocenters. The summed E-state index contributed by atoms with van der Waals surface area (Å²) in [4.78, 5) is 11.1. The molecule has 0 aromatic carbocycles. The molecule has 1 aliphatic heterocycles. The molecule has 0 spiro atoms. The monoisotopic (exact) mass is 242 g/mol. The molecule has 0 radical (unpaired) electrons. The molecule has 1 rings (SSSR count). The van der Waals surface area contributed by atoms with Crippen LogP contribution >= 0.6 is 0 Å². The summed E-state index contributed by atoms with van der Waals surface area (Å²) in [5.41, 5.74) is 8.11. The zero-order chi connectivity index (χ0) is 13.1. The van der Waals surface area contributed by atoms with Crippen molar-refractivity contribution in [1.82, 2.24) is 5.53 Å². The third kappa shape index (κ3) is 6.02. The van der Waals surface area contributed by atoms with E-state index in [0.717, 1.165) is 0 Å². The summed E-state index contributed by atoms with van der Waals surface area (Å²) in [5.74, 6) is -0.484. The van der Waals surface area contributed by atoms with E-state index in [-0.39, 0.29) is 0 Å². The standard InChI is InChI=1S/C13H14N4O/c14-13(18)12-8-4-2-1-3-6-10-15-17-16-11-7-5-9-12/h1-11,17H,(H2,14,18). The van der Waals surface area contributed by atoms with E-state index in [0.29, 0.717) is 5.57 Å². The zero-order valence-electron chi connectivity index (χ0n) is 9.73. The van der Waals surface area contributed by atoms with Gasteiger partial charge in [0.2, 0.25) is 5.91 Å². The SMILES string of the molecule is NC(=O)C1=CC=CC=NNN=CC=CC=CC=C1. The summed E-state index contributed by atoms with van der Waals surface area (Å²) in [6, 6.07) is 0. The van der Waals surface area contributed by atoms with Gasteiger partial charge in [0.25, 0.3) is 0 Å². The van der Waals surface area contributed by atoms with E-state index in [4.69, 9.17) is 5.73 Å². The number of primary amides is 1. The zero-order valence-corrected chi connectivity index (χ0v) is 9.73. The van der Waals surface area contributed by atoms with E-state index in [9.17, 15) is 4.79 Å². The number of nitrogens with zero attached hydrogens (tertiary/aromatic N) is 2. The summed E-state index contributed by atoms with van der Waals surface area (Å²) in [6.45, 7) is 0. The van der Waals surface area contributed by atoms with Crippen molar-refractivity contribution in [1.29, 1.82) is 0 Å². The number of carbonyl (C=O) groups is 1. The second kappa shape index (κ2) is 8.46. The molecule has 0 fully saturated rings. The third-order valence-electron chi connectivity index (χ3n) is 1.83. The first-order valence-corrected chi connectivity index (χ1v) is 5.28. The Kier molecular flexibility index (Phi) is 6.29. The van der Waals surface area contributed by atoms with Gasteiger partial charge in [0.1, 0.15) is 0 Å². The van der Waals surface area contributed by atoms with Crippen molar-refractivity contribution in [3.05, 3.63) is 60.3 Å². The summed E-state index contributed by atoms with van der Waals surface area (Å²) < 4.78 is 0. The van der Waals surface area contributed by atoms with Crippen LogP contribution in [0.1, 0.15) is 0 Å². The van der Waals surface area contributed by atoms with Crippen LogP contribution in [-0.4, -0.2) is 18.3 Å². The lowest BCUT2D eigenvalue weighted by atomic mass is 10.2. The maximum atomic E-state index is 11.1. The molecular formula is C13H14N4O. The van der Waals surface area contributed by atoms with Gasteiger partial charge in [-0.3, -0.25) is 4.79 Å². The molecule has 0 saturated heterocycles. The molecule has 3 N–H and O–H groups in total. The summed E-state index contributed by atoms with van der Waals surface area (Å²) in [5, 5.41) is 7.57. The summed E-state index contributed by atoms with van der Waals surface area (Å²) in [6.07, 6.45) is 18.5. The fraction of sp³-hybridized carbons (Fsp3) is 0. The van der Waals surface area contributed by atoms with Crippen molar-refractivity contribution in [2.75, 3.05) is 0 Å². The van der Waals surface area contributed by atoms with Crippen LogP contribution in [0.4, 0.5) is 0 Å². The molecule has 0 aromatic rings. The molecule has 92 valence electrons. The van der Waals surface area contributed by atoms with Crippen molar-refractivity contribution >= 4 is 18.3 Å². The van der Waals surface area contributed by atoms with Crippen LogP contribution in [0.5, 0.6) is 0 Å². The van der Waals surface area contributed by atoms with Crippen molar-refractivity contribution in [2.24, 2.45) is 15.9 Å². The van der Waals surface area contributed by atoms with Gasteiger partial charge in [-0.25, -0.2) is 0 Å². The van der Waals surface area contributed by atoms with Gasteiger partial charge in [0.15, 0.2) is 0 Å². The first-order chi connectivity index (χ1) is 8.80. The average Bonchev–Trinajstić information content (AvgIpc) is 2.36. The van der Waals surface area contributed by atoms with Crippen molar-refractivity contribution in [3.63, 3.8) is 0 Å². The Morgan fingerprint density at radius 2 is 1.56 bits per heavy atom. The molecular weight excluding hydrogens is 228 g/mol. The highest BCUT2D eigenvalue weighted by Gasteiger charge is 1.96. The van der Waals surface area contributed by atoms with E-state index in [1.165, 1.54) is 6.21 Å². The lowest BCUT2D eigenvalue weighted by molar-refractivity contribution is -0.114. The number of allylic oxidation sites excluding steroid dienone is 8. The maximum absolute atomic E-state index is 11.1. The number of amides is 1. The topological polar surface area (TPSA) is 79.8 Å². The number of carbonyl (C=O) groups excluding carboxylic acids is 1. The Bertz CT molecular complexity index is 479. The molecule has 0 saturated carbocycles. The smallest absolute Gasteiger partial charge is 0.248 e. The maximum Gasteiger partial charge on any atom is 0.248 e. The predicted molar refractivity (Wildman–Crippen MR) is 74.0 cm³/mol. The number of hydrogen-bond acceptors (Lipinski definition) is 4. The van der Waals surface area contributed by atoms with Crippen molar-refractivity contribution in [2.45, 2.75) is 0 Å². The second-order valence-electron chi connectivity index (χ2n) is 3.16. The molecule has 18 heavy (non-hydrogen) atoms. The minimum atomic E-state index is -0.484. The molecule has 0 aromatic heterocycles. The Morgan fingerprint density at radius 3 is 2.28 bits per heavy atom. The molecule has 1 heterocycles. The Balaban J connectivity index is 2.89. The molecule has 5 nitrogen and oxygen atoms in total. The van der Waals surface area contributed by atoms with Crippen LogP contribution in [0, 0.1) is 0 Å². The largest absolute Gasteiger partial charge is 0.366 e. The van der Waals surface area contributed by atoms with Crippen LogP contribution in [0.15, 0.2) is 70.5 Å². The van der Waals surface area contributed by atoms with Crippen LogP contribution < -0.4 is 11.3 Å². The lowest BCUT2D eigenvalue weighted by Crippen LogP contribution is -2.12. The normalized spacial score (nSPS) is 15.7. The molecule has 0 bridgehead atoms. The van der Waals surface area contributed by atoms with E-state index in [1.54, 1.807) is 60.9 Å². The third-order valence-corrected chi connectivity index (χ3v) is 1.83. The first-order valence-electron chi connectivity index (χ1n) is 5.28. The van der Waals surface area contributed by atoms with Gasteiger partial charge in [0, 0.05) is 18.0 Å². The predicted octanol–water partition coefficient (Wildman–Crippen LogP) is 1.20. The van der Waals surface area contributed by atoms with Crippen LogP contribution in [0.2, 0.25) is 0 Å². The highest BCUT2D eigenvalue weighted by atomic mass is 16.1. The summed E-state index contributed by atoms with van der Waals surface area (Å²) in [7, 11) is 0. The number of hydrazone groups is 2. The molecule has 1 amide bonds.